The van der Waals surface area contributed by atoms with Gasteiger partial charge in [-0.1, -0.05) is 60.7 Å². The van der Waals surface area contributed by atoms with Crippen LogP contribution in [0.25, 0.3) is 0 Å². The van der Waals surface area contributed by atoms with Gasteiger partial charge in [0.05, 0.1) is 5.92 Å². The fourth-order valence-electron chi connectivity index (χ4n) is 4.93. The zero-order chi connectivity index (χ0) is 19.8. The van der Waals surface area contributed by atoms with Crippen molar-refractivity contribution in [3.8, 4) is 0 Å². The van der Waals surface area contributed by atoms with Crippen LogP contribution >= 0.6 is 0 Å². The van der Waals surface area contributed by atoms with Crippen molar-refractivity contribution in [1.29, 1.82) is 0 Å². The molecule has 0 bridgehead atoms. The zero-order valence-corrected chi connectivity index (χ0v) is 16.3. The van der Waals surface area contributed by atoms with Gasteiger partial charge < -0.3 is 10.1 Å². The number of amides is 2. The highest BCUT2D eigenvalue weighted by molar-refractivity contribution is 5.95. The van der Waals surface area contributed by atoms with Gasteiger partial charge in [0.1, 0.15) is 12.6 Å². The molecule has 150 valence electrons. The van der Waals surface area contributed by atoms with Gasteiger partial charge in [-0.15, -0.1) is 0 Å². The van der Waals surface area contributed by atoms with Gasteiger partial charge in [-0.2, -0.15) is 0 Å². The molecule has 1 spiro atoms. The molecular weight excluding hydrogens is 366 g/mol. The molecule has 6 heteroatoms. The first-order chi connectivity index (χ1) is 14.2. The molecule has 1 N–H and O–H groups in total. The van der Waals surface area contributed by atoms with E-state index < -0.39 is 6.09 Å². The average molecular weight is 391 g/mol. The van der Waals surface area contributed by atoms with E-state index in [1.807, 2.05) is 48.5 Å². The second-order valence-electron chi connectivity index (χ2n) is 8.39. The van der Waals surface area contributed by atoms with Crippen LogP contribution < -0.4 is 5.32 Å². The van der Waals surface area contributed by atoms with Crippen molar-refractivity contribution in [2.75, 3.05) is 32.8 Å². The summed E-state index contributed by atoms with van der Waals surface area (Å²) in [7, 11) is 0. The van der Waals surface area contributed by atoms with Crippen LogP contribution in [-0.4, -0.2) is 54.6 Å². The Kier molecular flexibility index (Phi) is 4.60. The molecule has 2 aromatic carbocycles. The maximum atomic E-state index is 13.6. The van der Waals surface area contributed by atoms with Gasteiger partial charge in [0.15, 0.2) is 0 Å². The minimum Gasteiger partial charge on any atom is -0.446 e. The molecule has 3 fully saturated rings. The van der Waals surface area contributed by atoms with Crippen LogP contribution in [0.1, 0.15) is 17.2 Å². The summed E-state index contributed by atoms with van der Waals surface area (Å²) in [5.41, 5.74) is 2.08. The van der Waals surface area contributed by atoms with Gasteiger partial charge in [-0.05, 0) is 11.1 Å². The van der Waals surface area contributed by atoms with Gasteiger partial charge in [-0.25, -0.2) is 9.69 Å². The van der Waals surface area contributed by atoms with Crippen molar-refractivity contribution in [2.45, 2.75) is 12.6 Å². The van der Waals surface area contributed by atoms with E-state index >= 15 is 0 Å². The Bertz CT molecular complexity index is 898. The maximum Gasteiger partial charge on any atom is 0.417 e. The van der Waals surface area contributed by atoms with Crippen LogP contribution in [0.3, 0.4) is 0 Å². The van der Waals surface area contributed by atoms with Crippen molar-refractivity contribution < 1.29 is 14.3 Å². The number of benzene rings is 2. The van der Waals surface area contributed by atoms with Crippen LogP contribution in [0.15, 0.2) is 60.7 Å². The van der Waals surface area contributed by atoms with E-state index in [0.29, 0.717) is 6.54 Å². The van der Waals surface area contributed by atoms with Gasteiger partial charge in [-0.3, -0.25) is 9.69 Å². The molecule has 0 aromatic heterocycles. The molecule has 0 aliphatic carbocycles. The molecule has 2 aromatic rings. The summed E-state index contributed by atoms with van der Waals surface area (Å²) in [4.78, 5) is 29.8. The van der Waals surface area contributed by atoms with E-state index in [4.69, 9.17) is 4.74 Å². The van der Waals surface area contributed by atoms with Crippen molar-refractivity contribution in [3.63, 3.8) is 0 Å². The monoisotopic (exact) mass is 391 g/mol. The van der Waals surface area contributed by atoms with Gasteiger partial charge in [0.2, 0.25) is 5.91 Å². The summed E-state index contributed by atoms with van der Waals surface area (Å²) in [5, 5.41) is 3.34. The molecule has 2 atom stereocenters. The Morgan fingerprint density at radius 1 is 1.07 bits per heavy atom. The summed E-state index contributed by atoms with van der Waals surface area (Å²) in [6, 6.07) is 19.7. The summed E-state index contributed by atoms with van der Waals surface area (Å²) in [6.07, 6.45) is -0.521. The second-order valence-corrected chi connectivity index (χ2v) is 8.39. The summed E-state index contributed by atoms with van der Waals surface area (Å²) < 4.78 is 5.29. The number of hydrogen-bond acceptors (Lipinski definition) is 5. The van der Waals surface area contributed by atoms with Crippen molar-refractivity contribution in [3.05, 3.63) is 71.8 Å². The third-order valence-corrected chi connectivity index (χ3v) is 6.51. The molecule has 3 aliphatic rings. The second kappa shape index (κ2) is 7.28. The van der Waals surface area contributed by atoms with Crippen LogP contribution in [0.5, 0.6) is 0 Å². The van der Waals surface area contributed by atoms with E-state index in [0.717, 1.165) is 31.7 Å². The fourth-order valence-corrected chi connectivity index (χ4v) is 4.93. The lowest BCUT2D eigenvalue weighted by Gasteiger charge is -2.43. The minimum atomic E-state index is -0.521. The molecule has 3 aliphatic heterocycles. The molecule has 0 saturated carbocycles. The highest BCUT2D eigenvalue weighted by atomic mass is 16.6. The van der Waals surface area contributed by atoms with E-state index in [9.17, 15) is 9.59 Å². The average Bonchev–Trinajstić information content (AvgIpc) is 3.30. The molecule has 6 nitrogen and oxygen atoms in total. The lowest BCUT2D eigenvalue weighted by atomic mass is 9.72. The number of imide groups is 1. The van der Waals surface area contributed by atoms with Crippen molar-refractivity contribution in [1.82, 2.24) is 15.1 Å². The molecular formula is C23H25N3O3. The molecule has 5 rings (SSSR count). The number of likely N-dealkylation sites (tertiary alicyclic amines) is 1. The molecule has 1 unspecified atom stereocenters. The molecule has 3 saturated heterocycles. The lowest BCUT2D eigenvalue weighted by molar-refractivity contribution is -0.137. The highest BCUT2D eigenvalue weighted by Crippen LogP contribution is 2.43. The number of carbonyl (C=O) groups is 2. The predicted molar refractivity (Wildman–Crippen MR) is 108 cm³/mol. The van der Waals surface area contributed by atoms with Gasteiger partial charge >= 0.3 is 6.09 Å². The maximum absolute atomic E-state index is 13.6. The SMILES string of the molecule is O=C1OCC(c2ccccc2)N1C(=O)[C@@H]1CN(Cc2ccccc2)CC12CNC2. The largest absolute Gasteiger partial charge is 0.446 e. The summed E-state index contributed by atoms with van der Waals surface area (Å²) in [6.45, 7) is 4.20. The summed E-state index contributed by atoms with van der Waals surface area (Å²) in [5.74, 6) is -0.303. The van der Waals surface area contributed by atoms with Crippen LogP contribution in [0.4, 0.5) is 4.79 Å². The molecule has 0 radical (unpaired) electrons. The number of cyclic esters (lactones) is 1. The van der Waals surface area contributed by atoms with Crippen LogP contribution in [0.2, 0.25) is 0 Å². The number of hydrogen-bond donors (Lipinski definition) is 1. The van der Waals surface area contributed by atoms with E-state index in [1.54, 1.807) is 0 Å². The first kappa shape index (κ1) is 18.3. The normalized spacial score (nSPS) is 25.8. The third-order valence-electron chi connectivity index (χ3n) is 6.51. The van der Waals surface area contributed by atoms with Crippen LogP contribution in [-0.2, 0) is 16.1 Å². The Balaban J connectivity index is 1.38. The standard InChI is InChI=1S/C23H25N3O3/c27-21(26-20(13-29-22(26)28)18-9-5-2-6-10-18)19-12-25(16-23(19)14-24-15-23)11-17-7-3-1-4-8-17/h1-10,19-20,24H,11-16H2/t19-,20?/m0/s1. The molecule has 2 amide bonds. The number of ether oxygens (including phenoxy) is 1. The first-order valence-corrected chi connectivity index (χ1v) is 10.2. The van der Waals surface area contributed by atoms with Gasteiger partial charge in [0.25, 0.3) is 0 Å². The van der Waals surface area contributed by atoms with Crippen molar-refractivity contribution in [2.24, 2.45) is 11.3 Å². The lowest BCUT2D eigenvalue weighted by Crippen LogP contribution is -2.61. The summed E-state index contributed by atoms with van der Waals surface area (Å²) >= 11 is 0. The van der Waals surface area contributed by atoms with E-state index in [-0.39, 0.29) is 29.9 Å². The Labute approximate surface area is 170 Å². The minimum absolute atomic E-state index is 0.0987. The molecule has 29 heavy (non-hydrogen) atoms. The predicted octanol–water partition coefficient (Wildman–Crippen LogP) is 2.43. The van der Waals surface area contributed by atoms with E-state index in [1.165, 1.54) is 10.5 Å². The Morgan fingerprint density at radius 2 is 1.76 bits per heavy atom. The fraction of sp³-hybridized carbons (Fsp3) is 0.391. The van der Waals surface area contributed by atoms with Crippen molar-refractivity contribution >= 4 is 12.0 Å². The van der Waals surface area contributed by atoms with E-state index in [2.05, 4.69) is 22.3 Å². The Hall–Kier alpha value is -2.70. The zero-order valence-electron chi connectivity index (χ0n) is 16.3. The quantitative estimate of drug-likeness (QED) is 0.867. The first-order valence-electron chi connectivity index (χ1n) is 10.2. The topological polar surface area (TPSA) is 61.9 Å². The number of nitrogens with zero attached hydrogens (tertiary/aromatic N) is 2. The third kappa shape index (κ3) is 3.22. The number of nitrogens with one attached hydrogen (secondary N) is 1. The van der Waals surface area contributed by atoms with Gasteiger partial charge in [0, 0.05) is 38.1 Å². The number of carbonyl (C=O) groups excluding carboxylic acids is 2. The molecule has 3 heterocycles. The highest BCUT2D eigenvalue weighted by Gasteiger charge is 2.56. The Morgan fingerprint density at radius 3 is 2.41 bits per heavy atom. The smallest absolute Gasteiger partial charge is 0.417 e. The van der Waals surface area contributed by atoms with Crippen LogP contribution in [0, 0.1) is 11.3 Å². The number of rotatable bonds is 4.